The van der Waals surface area contributed by atoms with Crippen LogP contribution in [-0.4, -0.2) is 53.0 Å². The van der Waals surface area contributed by atoms with Crippen molar-refractivity contribution in [3.63, 3.8) is 0 Å². The first kappa shape index (κ1) is 12.6. The third-order valence-corrected chi connectivity index (χ3v) is 4.36. The van der Waals surface area contributed by atoms with E-state index in [1.165, 1.54) is 16.9 Å². The highest BCUT2D eigenvalue weighted by Crippen LogP contribution is 2.25. The Morgan fingerprint density at radius 1 is 1.53 bits per heavy atom. The van der Waals surface area contributed by atoms with Gasteiger partial charge in [0.2, 0.25) is 0 Å². The molecule has 2 aliphatic rings. The standard InChI is InChI=1S/C11H14N3O4P/c1-19(17)10-7(15)2-3-14-9(10)11(16)13-4-5-18-6-8(13)12-14/h2-3,8,12,17H,4-6H2,1H3/t8-,19?/m0/s1. The third-order valence-electron chi connectivity index (χ3n) is 3.28. The van der Waals surface area contributed by atoms with Gasteiger partial charge < -0.3 is 20.0 Å². The number of morpholine rings is 1. The predicted octanol–water partition coefficient (Wildman–Crippen LogP) is -1.15. The van der Waals surface area contributed by atoms with Crippen LogP contribution in [0.4, 0.5) is 0 Å². The van der Waals surface area contributed by atoms with Crippen molar-refractivity contribution < 1.29 is 14.4 Å². The van der Waals surface area contributed by atoms with Crippen LogP contribution >= 0.6 is 8.15 Å². The lowest BCUT2D eigenvalue weighted by Gasteiger charge is -2.41. The average Bonchev–Trinajstić information content (AvgIpc) is 2.39. The van der Waals surface area contributed by atoms with Gasteiger partial charge in [-0.25, -0.2) is 0 Å². The summed E-state index contributed by atoms with van der Waals surface area (Å²) in [5.41, 5.74) is 3.05. The molecule has 102 valence electrons. The Morgan fingerprint density at radius 3 is 3.05 bits per heavy atom. The molecule has 0 saturated carbocycles. The highest BCUT2D eigenvalue weighted by Gasteiger charge is 2.36. The van der Waals surface area contributed by atoms with E-state index in [4.69, 9.17) is 4.74 Å². The summed E-state index contributed by atoms with van der Waals surface area (Å²) in [5, 5.41) is 0.194. The van der Waals surface area contributed by atoms with Crippen molar-refractivity contribution >= 4 is 19.4 Å². The lowest BCUT2D eigenvalue weighted by molar-refractivity contribution is -0.00267. The molecule has 7 nitrogen and oxygen atoms in total. The Hall–Kier alpha value is -1.43. The molecule has 1 aromatic heterocycles. The molecule has 1 aromatic rings. The van der Waals surface area contributed by atoms with Gasteiger partial charge in [0.1, 0.15) is 11.9 Å². The quantitative estimate of drug-likeness (QED) is 0.636. The SMILES string of the molecule is CP(O)c1c2n(ccc1=O)N[C@@H]1COCCN1C2=O. The molecule has 2 atom stereocenters. The van der Waals surface area contributed by atoms with Gasteiger partial charge >= 0.3 is 0 Å². The van der Waals surface area contributed by atoms with Gasteiger partial charge in [-0.1, -0.05) is 0 Å². The molecule has 1 saturated heterocycles. The Bertz CT molecular complexity index is 586. The van der Waals surface area contributed by atoms with E-state index < -0.39 is 8.15 Å². The molecule has 0 bridgehead atoms. The predicted molar refractivity (Wildman–Crippen MR) is 70.4 cm³/mol. The van der Waals surface area contributed by atoms with Crippen molar-refractivity contribution in [3.05, 3.63) is 28.2 Å². The number of pyridine rings is 1. The maximum Gasteiger partial charge on any atom is 0.275 e. The maximum absolute atomic E-state index is 12.5. The second-order valence-electron chi connectivity index (χ2n) is 4.49. The van der Waals surface area contributed by atoms with E-state index in [-0.39, 0.29) is 28.5 Å². The van der Waals surface area contributed by atoms with Gasteiger partial charge in [0.15, 0.2) is 5.43 Å². The van der Waals surface area contributed by atoms with Crippen LogP contribution in [0.15, 0.2) is 17.1 Å². The summed E-state index contributed by atoms with van der Waals surface area (Å²) in [5.74, 6) is -0.233. The van der Waals surface area contributed by atoms with Gasteiger partial charge in [-0.05, 0) is 6.66 Å². The molecule has 0 spiro atoms. The molecule has 2 aliphatic heterocycles. The number of nitrogens with zero attached hydrogens (tertiary/aromatic N) is 2. The zero-order valence-corrected chi connectivity index (χ0v) is 11.3. The Kier molecular flexibility index (Phi) is 3.05. The number of carbonyl (C=O) groups excluding carboxylic acids is 1. The number of nitrogens with one attached hydrogen (secondary N) is 1. The minimum Gasteiger partial charge on any atom is -0.375 e. The fourth-order valence-corrected chi connectivity index (χ4v) is 3.30. The first-order chi connectivity index (χ1) is 9.09. The van der Waals surface area contributed by atoms with Crippen LogP contribution < -0.4 is 16.2 Å². The third kappa shape index (κ3) is 1.94. The van der Waals surface area contributed by atoms with Crippen molar-refractivity contribution in [1.82, 2.24) is 9.58 Å². The van der Waals surface area contributed by atoms with Gasteiger partial charge in [-0.3, -0.25) is 14.3 Å². The van der Waals surface area contributed by atoms with Gasteiger partial charge in [0, 0.05) is 18.8 Å². The number of amides is 1. The Labute approximate surface area is 110 Å². The number of ether oxygens (including phenoxy) is 1. The molecule has 3 rings (SSSR count). The van der Waals surface area contributed by atoms with E-state index in [0.717, 1.165) is 0 Å². The molecule has 19 heavy (non-hydrogen) atoms. The molecule has 3 heterocycles. The van der Waals surface area contributed by atoms with Crippen LogP contribution in [-0.2, 0) is 4.74 Å². The largest absolute Gasteiger partial charge is 0.375 e. The van der Waals surface area contributed by atoms with Crippen molar-refractivity contribution in [3.8, 4) is 0 Å². The Morgan fingerprint density at radius 2 is 2.32 bits per heavy atom. The summed E-state index contributed by atoms with van der Waals surface area (Å²) >= 11 is 0. The van der Waals surface area contributed by atoms with Crippen molar-refractivity contribution in [1.29, 1.82) is 0 Å². The van der Waals surface area contributed by atoms with E-state index >= 15 is 0 Å². The summed E-state index contributed by atoms with van der Waals surface area (Å²) in [6.45, 7) is 2.92. The molecular formula is C11H14N3O4P. The zero-order chi connectivity index (χ0) is 13.6. The molecule has 0 aliphatic carbocycles. The fourth-order valence-electron chi connectivity index (χ4n) is 2.40. The fraction of sp³-hybridized carbons (Fsp3) is 0.455. The van der Waals surface area contributed by atoms with E-state index in [1.54, 1.807) is 11.6 Å². The second kappa shape index (κ2) is 4.59. The molecule has 0 aromatic carbocycles. The normalized spacial score (nSPS) is 23.4. The number of hydrogen-bond acceptors (Lipinski definition) is 5. The lowest BCUT2D eigenvalue weighted by Crippen LogP contribution is -2.60. The monoisotopic (exact) mass is 283 g/mol. The van der Waals surface area contributed by atoms with Crippen LogP contribution in [0, 0.1) is 0 Å². The van der Waals surface area contributed by atoms with Crippen molar-refractivity contribution in [2.45, 2.75) is 6.17 Å². The van der Waals surface area contributed by atoms with Crippen LogP contribution in [0.3, 0.4) is 0 Å². The maximum atomic E-state index is 12.5. The summed E-state index contributed by atoms with van der Waals surface area (Å²) in [6.07, 6.45) is 1.29. The van der Waals surface area contributed by atoms with E-state index in [1.807, 2.05) is 0 Å². The van der Waals surface area contributed by atoms with Gasteiger partial charge in [0.25, 0.3) is 5.91 Å². The average molecular weight is 283 g/mol. The second-order valence-corrected chi connectivity index (χ2v) is 5.98. The highest BCUT2D eigenvalue weighted by atomic mass is 31.1. The number of hydrogen-bond donors (Lipinski definition) is 2. The van der Waals surface area contributed by atoms with Crippen molar-refractivity contribution in [2.24, 2.45) is 0 Å². The van der Waals surface area contributed by atoms with Crippen molar-refractivity contribution in [2.75, 3.05) is 31.8 Å². The summed E-state index contributed by atoms with van der Waals surface area (Å²) < 4.78 is 6.84. The molecule has 2 N–H and O–H groups in total. The number of carbonyl (C=O) groups is 1. The van der Waals surface area contributed by atoms with Crippen LogP contribution in [0.5, 0.6) is 0 Å². The summed E-state index contributed by atoms with van der Waals surface area (Å²) in [4.78, 5) is 35.8. The molecule has 1 unspecified atom stereocenters. The van der Waals surface area contributed by atoms with Crippen LogP contribution in [0.25, 0.3) is 0 Å². The van der Waals surface area contributed by atoms with Crippen LogP contribution in [0.2, 0.25) is 0 Å². The molecule has 1 fully saturated rings. The number of rotatable bonds is 1. The molecule has 8 heteroatoms. The molecular weight excluding hydrogens is 269 g/mol. The topological polar surface area (TPSA) is 83.8 Å². The van der Waals surface area contributed by atoms with Gasteiger partial charge in [-0.15, -0.1) is 0 Å². The minimum atomic E-state index is -1.63. The molecule has 0 radical (unpaired) electrons. The number of fused-ring (bicyclic) bond motifs is 2. The summed E-state index contributed by atoms with van der Waals surface area (Å²) in [6, 6.07) is 1.35. The van der Waals surface area contributed by atoms with E-state index in [0.29, 0.717) is 19.8 Å². The lowest BCUT2D eigenvalue weighted by atomic mass is 10.2. The molecule has 1 amide bonds. The smallest absolute Gasteiger partial charge is 0.275 e. The minimum absolute atomic E-state index is 0.194. The van der Waals surface area contributed by atoms with E-state index in [2.05, 4.69) is 5.43 Å². The summed E-state index contributed by atoms with van der Waals surface area (Å²) in [7, 11) is -1.63. The zero-order valence-electron chi connectivity index (χ0n) is 10.4. The van der Waals surface area contributed by atoms with E-state index in [9.17, 15) is 14.5 Å². The first-order valence-electron chi connectivity index (χ1n) is 5.93. The van der Waals surface area contributed by atoms with Gasteiger partial charge in [0.05, 0.1) is 26.7 Å². The highest BCUT2D eigenvalue weighted by molar-refractivity contribution is 7.59. The van der Waals surface area contributed by atoms with Crippen LogP contribution in [0.1, 0.15) is 10.5 Å². The first-order valence-corrected chi connectivity index (χ1v) is 7.67. The van der Waals surface area contributed by atoms with Gasteiger partial charge in [-0.2, -0.15) is 0 Å². The Balaban J connectivity index is 2.15. The number of aromatic nitrogens is 1.